The maximum atomic E-state index is 11.6. The number of piperazine rings is 1. The number of amides is 1. The van der Waals surface area contributed by atoms with E-state index >= 15 is 0 Å². The minimum absolute atomic E-state index is 0.0881. The molecule has 1 atom stereocenters. The van der Waals surface area contributed by atoms with Gasteiger partial charge in [-0.1, -0.05) is 13.3 Å². The van der Waals surface area contributed by atoms with E-state index in [0.717, 1.165) is 32.7 Å². The maximum Gasteiger partial charge on any atom is 0.239 e. The summed E-state index contributed by atoms with van der Waals surface area (Å²) in [6.45, 7) is 8.80. The molecule has 0 unspecified atom stereocenters. The zero-order chi connectivity index (χ0) is 11.3. The van der Waals surface area contributed by atoms with Crippen molar-refractivity contribution in [2.24, 2.45) is 5.73 Å². The van der Waals surface area contributed by atoms with E-state index in [9.17, 15) is 4.79 Å². The van der Waals surface area contributed by atoms with Crippen LogP contribution in [-0.4, -0.2) is 54.5 Å². The quantitative estimate of drug-likeness (QED) is 0.729. The van der Waals surface area contributed by atoms with E-state index in [0.29, 0.717) is 0 Å². The number of hydrogen-bond donors (Lipinski definition) is 1. The van der Waals surface area contributed by atoms with E-state index in [-0.39, 0.29) is 11.9 Å². The smallest absolute Gasteiger partial charge is 0.239 e. The highest BCUT2D eigenvalue weighted by Gasteiger charge is 2.22. The highest BCUT2D eigenvalue weighted by atomic mass is 16.2. The molecule has 0 radical (unpaired) electrons. The first kappa shape index (κ1) is 12.5. The van der Waals surface area contributed by atoms with Gasteiger partial charge in [-0.05, 0) is 19.9 Å². The minimum Gasteiger partial charge on any atom is -0.339 e. The molecule has 4 nitrogen and oxygen atoms in total. The summed E-state index contributed by atoms with van der Waals surface area (Å²) in [7, 11) is 0. The second-order valence-electron chi connectivity index (χ2n) is 4.31. The monoisotopic (exact) mass is 213 g/mol. The summed E-state index contributed by atoms with van der Waals surface area (Å²) in [5.74, 6) is 0.0881. The van der Waals surface area contributed by atoms with E-state index < -0.39 is 0 Å². The molecule has 1 fully saturated rings. The second kappa shape index (κ2) is 6.08. The largest absolute Gasteiger partial charge is 0.339 e. The molecule has 15 heavy (non-hydrogen) atoms. The summed E-state index contributed by atoms with van der Waals surface area (Å²) < 4.78 is 0. The lowest BCUT2D eigenvalue weighted by atomic mass is 10.2. The Balaban J connectivity index is 2.26. The predicted octanol–water partition coefficient (Wildman–Crippen LogP) is 0.278. The van der Waals surface area contributed by atoms with E-state index in [2.05, 4.69) is 11.8 Å². The van der Waals surface area contributed by atoms with Crippen LogP contribution in [0.25, 0.3) is 0 Å². The predicted molar refractivity (Wildman–Crippen MR) is 61.6 cm³/mol. The first-order valence-electron chi connectivity index (χ1n) is 5.92. The van der Waals surface area contributed by atoms with Gasteiger partial charge in [0, 0.05) is 26.2 Å². The summed E-state index contributed by atoms with van der Waals surface area (Å²) in [6.07, 6.45) is 2.49. The molecule has 0 aromatic carbocycles. The van der Waals surface area contributed by atoms with Crippen molar-refractivity contribution in [3.05, 3.63) is 0 Å². The van der Waals surface area contributed by atoms with Crippen molar-refractivity contribution in [1.29, 1.82) is 0 Å². The van der Waals surface area contributed by atoms with Gasteiger partial charge in [0.15, 0.2) is 0 Å². The zero-order valence-corrected chi connectivity index (χ0v) is 9.91. The third kappa shape index (κ3) is 3.80. The number of unbranched alkanes of at least 4 members (excludes halogenated alkanes) is 1. The Bertz CT molecular complexity index is 198. The lowest BCUT2D eigenvalue weighted by Gasteiger charge is -2.35. The van der Waals surface area contributed by atoms with Crippen LogP contribution in [0, 0.1) is 0 Å². The average molecular weight is 213 g/mol. The highest BCUT2D eigenvalue weighted by Crippen LogP contribution is 2.04. The van der Waals surface area contributed by atoms with E-state index in [1.807, 2.05) is 4.90 Å². The highest BCUT2D eigenvalue weighted by molar-refractivity contribution is 5.81. The molecular formula is C11H23N3O. The molecular weight excluding hydrogens is 190 g/mol. The topological polar surface area (TPSA) is 49.6 Å². The molecule has 0 spiro atoms. The molecule has 1 heterocycles. The van der Waals surface area contributed by atoms with Crippen LogP contribution in [0.3, 0.4) is 0 Å². The average Bonchev–Trinajstić information content (AvgIpc) is 2.26. The Morgan fingerprint density at radius 3 is 2.40 bits per heavy atom. The molecule has 1 saturated heterocycles. The minimum atomic E-state index is -0.354. The van der Waals surface area contributed by atoms with Crippen LogP contribution < -0.4 is 5.73 Å². The summed E-state index contributed by atoms with van der Waals surface area (Å²) in [5, 5.41) is 0. The Morgan fingerprint density at radius 1 is 1.33 bits per heavy atom. The first-order chi connectivity index (χ1) is 7.15. The second-order valence-corrected chi connectivity index (χ2v) is 4.31. The van der Waals surface area contributed by atoms with Crippen LogP contribution in [0.5, 0.6) is 0 Å². The molecule has 0 aromatic rings. The number of nitrogens with zero attached hydrogens (tertiary/aromatic N) is 2. The molecule has 88 valence electrons. The lowest BCUT2D eigenvalue weighted by molar-refractivity contribution is -0.133. The van der Waals surface area contributed by atoms with Crippen molar-refractivity contribution in [2.45, 2.75) is 32.7 Å². The Labute approximate surface area is 92.4 Å². The Hall–Kier alpha value is -0.610. The molecule has 2 N–H and O–H groups in total. The number of rotatable bonds is 4. The van der Waals surface area contributed by atoms with Gasteiger partial charge in [-0.15, -0.1) is 0 Å². The van der Waals surface area contributed by atoms with Crippen molar-refractivity contribution >= 4 is 5.91 Å². The molecule has 1 aliphatic rings. The number of carbonyl (C=O) groups excluding carboxylic acids is 1. The first-order valence-corrected chi connectivity index (χ1v) is 5.92. The molecule has 4 heteroatoms. The van der Waals surface area contributed by atoms with Crippen molar-refractivity contribution in [1.82, 2.24) is 9.80 Å². The fourth-order valence-electron chi connectivity index (χ4n) is 1.86. The number of hydrogen-bond acceptors (Lipinski definition) is 3. The van der Waals surface area contributed by atoms with Crippen molar-refractivity contribution in [3.63, 3.8) is 0 Å². The van der Waals surface area contributed by atoms with Gasteiger partial charge < -0.3 is 10.6 Å². The van der Waals surface area contributed by atoms with Gasteiger partial charge in [-0.2, -0.15) is 0 Å². The zero-order valence-electron chi connectivity index (χ0n) is 9.91. The maximum absolute atomic E-state index is 11.6. The van der Waals surface area contributed by atoms with Crippen molar-refractivity contribution in [3.8, 4) is 0 Å². The Kier molecular flexibility index (Phi) is 5.05. The summed E-state index contributed by atoms with van der Waals surface area (Å²) in [6, 6.07) is -0.354. The van der Waals surface area contributed by atoms with Crippen LogP contribution in [-0.2, 0) is 4.79 Å². The summed E-state index contributed by atoms with van der Waals surface area (Å²) >= 11 is 0. The van der Waals surface area contributed by atoms with Gasteiger partial charge in [0.05, 0.1) is 6.04 Å². The summed E-state index contributed by atoms with van der Waals surface area (Å²) in [5.41, 5.74) is 5.58. The van der Waals surface area contributed by atoms with Crippen molar-refractivity contribution in [2.75, 3.05) is 32.7 Å². The third-order valence-corrected chi connectivity index (χ3v) is 2.90. The molecule has 0 saturated carbocycles. The lowest BCUT2D eigenvalue weighted by Crippen LogP contribution is -2.52. The standard InChI is InChI=1S/C11H23N3O/c1-3-4-5-13-6-8-14(9-7-13)11(15)10(2)12/h10H,3-9,12H2,1-2H3/t10-/m0/s1. The number of carbonyl (C=O) groups is 1. The molecule has 1 aliphatic heterocycles. The van der Waals surface area contributed by atoms with Crippen LogP contribution in [0.2, 0.25) is 0 Å². The molecule has 0 bridgehead atoms. The molecule has 0 aliphatic carbocycles. The fraction of sp³-hybridized carbons (Fsp3) is 0.909. The van der Waals surface area contributed by atoms with Gasteiger partial charge in [0.25, 0.3) is 0 Å². The van der Waals surface area contributed by atoms with Gasteiger partial charge >= 0.3 is 0 Å². The van der Waals surface area contributed by atoms with Crippen LogP contribution in [0.4, 0.5) is 0 Å². The fourth-order valence-corrected chi connectivity index (χ4v) is 1.86. The van der Waals surface area contributed by atoms with Gasteiger partial charge in [-0.25, -0.2) is 0 Å². The number of nitrogens with two attached hydrogens (primary N) is 1. The summed E-state index contributed by atoms with van der Waals surface area (Å²) in [4.78, 5) is 15.9. The SMILES string of the molecule is CCCCN1CCN(C(=O)[C@H](C)N)CC1. The normalized spacial score (nSPS) is 20.3. The third-order valence-electron chi connectivity index (χ3n) is 2.90. The van der Waals surface area contributed by atoms with Crippen LogP contribution in [0.15, 0.2) is 0 Å². The van der Waals surface area contributed by atoms with E-state index in [1.165, 1.54) is 12.8 Å². The van der Waals surface area contributed by atoms with Gasteiger partial charge in [0.2, 0.25) is 5.91 Å². The van der Waals surface area contributed by atoms with Gasteiger partial charge in [0.1, 0.15) is 0 Å². The Morgan fingerprint density at radius 2 is 1.93 bits per heavy atom. The van der Waals surface area contributed by atoms with Crippen LogP contribution in [0.1, 0.15) is 26.7 Å². The van der Waals surface area contributed by atoms with Crippen molar-refractivity contribution < 1.29 is 4.79 Å². The van der Waals surface area contributed by atoms with E-state index in [4.69, 9.17) is 5.73 Å². The molecule has 1 rings (SSSR count). The molecule has 0 aromatic heterocycles. The van der Waals surface area contributed by atoms with Crippen LogP contribution >= 0.6 is 0 Å². The molecule has 1 amide bonds. The van der Waals surface area contributed by atoms with E-state index in [1.54, 1.807) is 6.92 Å². The van der Waals surface area contributed by atoms with Gasteiger partial charge in [-0.3, -0.25) is 9.69 Å².